The minimum Gasteiger partial charge on any atom is -0.0966 e. The van der Waals surface area contributed by atoms with E-state index in [-0.39, 0.29) is 0 Å². The largest absolute Gasteiger partial charge is 0.0966 e. The molecule has 0 aromatic heterocycles. The van der Waals surface area contributed by atoms with Gasteiger partial charge in [-0.05, 0) is 54.5 Å². The third kappa shape index (κ3) is 2.52. The summed E-state index contributed by atoms with van der Waals surface area (Å²) in [6.07, 6.45) is 15.6. The third-order valence-corrected chi connectivity index (χ3v) is 10.6. The average molecular weight is 266 g/mol. The molecule has 0 saturated heterocycles. The summed E-state index contributed by atoms with van der Waals surface area (Å²) in [5.41, 5.74) is 3.50. The van der Waals surface area contributed by atoms with E-state index in [1.54, 1.807) is 51.4 Å². The van der Waals surface area contributed by atoms with Crippen molar-refractivity contribution in [1.29, 1.82) is 0 Å². The van der Waals surface area contributed by atoms with Gasteiger partial charge in [0.25, 0.3) is 0 Å². The van der Waals surface area contributed by atoms with E-state index in [1.165, 1.54) is 18.5 Å². The van der Waals surface area contributed by atoms with Gasteiger partial charge in [-0.3, -0.25) is 0 Å². The van der Waals surface area contributed by atoms with Crippen molar-refractivity contribution in [3.63, 3.8) is 0 Å². The van der Waals surface area contributed by atoms with Crippen LogP contribution in [0.25, 0.3) is 0 Å². The van der Waals surface area contributed by atoms with Crippen molar-refractivity contribution in [2.45, 2.75) is 95.0 Å². The molecule has 3 saturated carbocycles. The maximum atomic E-state index is 2.57. The Morgan fingerprint density at radius 2 is 1.11 bits per heavy atom. The van der Waals surface area contributed by atoms with E-state index < -0.39 is 0 Å². The predicted molar refractivity (Wildman–Crippen MR) is 82.8 cm³/mol. The molecule has 0 aromatic carbocycles. The first-order valence-corrected chi connectivity index (χ1v) is 10.1. The second kappa shape index (κ2) is 5.82. The van der Waals surface area contributed by atoms with Crippen molar-refractivity contribution in [2.75, 3.05) is 0 Å². The van der Waals surface area contributed by atoms with Crippen LogP contribution in [-0.2, 0) is 0 Å². The average Bonchev–Trinajstić information content (AvgIpc) is 3.05. The Balaban J connectivity index is 1.78. The van der Waals surface area contributed by atoms with E-state index in [0.717, 1.165) is 23.2 Å². The highest BCUT2D eigenvalue weighted by atomic mass is 31.1. The van der Waals surface area contributed by atoms with Gasteiger partial charge >= 0.3 is 0 Å². The molecule has 0 nitrogen and oxygen atoms in total. The molecule has 5 atom stereocenters. The summed E-state index contributed by atoms with van der Waals surface area (Å²) in [6.45, 7) is 5.14. The zero-order chi connectivity index (χ0) is 12.5. The molecule has 3 rings (SSSR count). The molecular formula is C17H31P. The third-order valence-electron chi connectivity index (χ3n) is 6.14. The predicted octanol–water partition coefficient (Wildman–Crippen LogP) is 5.79. The van der Waals surface area contributed by atoms with Crippen LogP contribution in [0.4, 0.5) is 0 Å². The molecule has 1 heteroatoms. The van der Waals surface area contributed by atoms with Crippen molar-refractivity contribution < 1.29 is 0 Å². The first kappa shape index (κ1) is 13.4. The molecule has 3 fully saturated rings. The number of rotatable bonds is 3. The highest BCUT2D eigenvalue weighted by molar-refractivity contribution is 7.60. The van der Waals surface area contributed by atoms with Crippen molar-refractivity contribution in [3.8, 4) is 0 Å². The Labute approximate surface area is 115 Å². The van der Waals surface area contributed by atoms with E-state index in [1.807, 2.05) is 0 Å². The van der Waals surface area contributed by atoms with Gasteiger partial charge in [-0.2, -0.15) is 0 Å². The van der Waals surface area contributed by atoms with Crippen molar-refractivity contribution >= 4 is 7.92 Å². The zero-order valence-corrected chi connectivity index (χ0v) is 13.3. The molecule has 0 N–H and O–H groups in total. The summed E-state index contributed by atoms with van der Waals surface area (Å²) in [4.78, 5) is 0. The summed E-state index contributed by atoms with van der Waals surface area (Å²) >= 11 is 0. The van der Waals surface area contributed by atoms with E-state index in [2.05, 4.69) is 13.8 Å². The van der Waals surface area contributed by atoms with Gasteiger partial charge < -0.3 is 0 Å². The minimum atomic E-state index is 0.357. The Morgan fingerprint density at radius 3 is 1.50 bits per heavy atom. The van der Waals surface area contributed by atoms with Crippen molar-refractivity contribution in [2.24, 2.45) is 11.8 Å². The van der Waals surface area contributed by atoms with Gasteiger partial charge in [0.05, 0.1) is 0 Å². The lowest BCUT2D eigenvalue weighted by Gasteiger charge is -2.39. The molecule has 1 unspecified atom stereocenters. The Morgan fingerprint density at radius 1 is 0.611 bits per heavy atom. The van der Waals surface area contributed by atoms with E-state index in [4.69, 9.17) is 0 Å². The van der Waals surface area contributed by atoms with Gasteiger partial charge in [-0.25, -0.2) is 0 Å². The maximum absolute atomic E-state index is 2.57. The summed E-state index contributed by atoms with van der Waals surface area (Å²) in [6, 6.07) is 0. The molecule has 3 aliphatic rings. The highest BCUT2D eigenvalue weighted by Gasteiger charge is 2.43. The highest BCUT2D eigenvalue weighted by Crippen LogP contribution is 2.65. The van der Waals surface area contributed by atoms with Crippen LogP contribution in [0.15, 0.2) is 0 Å². The molecule has 104 valence electrons. The van der Waals surface area contributed by atoms with Gasteiger partial charge in [0.15, 0.2) is 0 Å². The van der Waals surface area contributed by atoms with Gasteiger partial charge in [-0.15, -0.1) is 0 Å². The Kier molecular flexibility index (Phi) is 4.34. The lowest BCUT2D eigenvalue weighted by molar-refractivity contribution is 0.579. The monoisotopic (exact) mass is 266 g/mol. The van der Waals surface area contributed by atoms with Crippen molar-refractivity contribution in [1.82, 2.24) is 0 Å². The van der Waals surface area contributed by atoms with Crippen LogP contribution in [0.5, 0.6) is 0 Å². The van der Waals surface area contributed by atoms with E-state index in [9.17, 15) is 0 Å². The molecule has 3 aliphatic carbocycles. The standard InChI is InChI=1S/C17H31P/c1-13-7-5-11-16(13)18(15-9-3-4-10-15)17-12-6-8-14(17)2/h13-17H,3-12H2,1-2H3/t13-,14-,16-,17+,18?/m0/s1. The Bertz CT molecular complexity index is 249. The maximum Gasteiger partial charge on any atom is -0.0178 e. The summed E-state index contributed by atoms with van der Waals surface area (Å²) < 4.78 is 0. The van der Waals surface area contributed by atoms with Gasteiger partial charge in [0.1, 0.15) is 0 Å². The molecular weight excluding hydrogens is 235 g/mol. The zero-order valence-electron chi connectivity index (χ0n) is 12.4. The number of hydrogen-bond acceptors (Lipinski definition) is 0. The van der Waals surface area contributed by atoms with Gasteiger partial charge in [-0.1, -0.05) is 60.3 Å². The molecule has 18 heavy (non-hydrogen) atoms. The second-order valence-electron chi connectivity index (χ2n) is 7.34. The fourth-order valence-electron chi connectivity index (χ4n) is 5.13. The minimum absolute atomic E-state index is 0.357. The van der Waals surface area contributed by atoms with Gasteiger partial charge in [0, 0.05) is 0 Å². The fraction of sp³-hybridized carbons (Fsp3) is 1.00. The molecule has 0 bridgehead atoms. The SMILES string of the molecule is C[C@H]1CCC[C@H]1P(C1CCCC1)[C@H]1CCC[C@@H]1C. The first-order valence-electron chi connectivity index (χ1n) is 8.55. The topological polar surface area (TPSA) is 0 Å². The van der Waals surface area contributed by atoms with Crippen LogP contribution in [0, 0.1) is 11.8 Å². The summed E-state index contributed by atoms with van der Waals surface area (Å²) in [5, 5.41) is 0. The lowest BCUT2D eigenvalue weighted by atomic mass is 10.1. The molecule has 0 spiro atoms. The van der Waals surface area contributed by atoms with Crippen molar-refractivity contribution in [3.05, 3.63) is 0 Å². The van der Waals surface area contributed by atoms with Crippen LogP contribution >= 0.6 is 7.92 Å². The van der Waals surface area contributed by atoms with E-state index in [0.29, 0.717) is 7.92 Å². The normalized spacial score (nSPS) is 43.7. The quantitative estimate of drug-likeness (QED) is 0.567. The van der Waals surface area contributed by atoms with Gasteiger partial charge in [0.2, 0.25) is 0 Å². The van der Waals surface area contributed by atoms with Crippen LogP contribution in [0.2, 0.25) is 0 Å². The second-order valence-corrected chi connectivity index (χ2v) is 10.3. The smallest absolute Gasteiger partial charge is 0.0178 e. The fourth-order valence-corrected chi connectivity index (χ4v) is 10.1. The molecule has 0 radical (unpaired) electrons. The lowest BCUT2D eigenvalue weighted by Crippen LogP contribution is -2.25. The summed E-state index contributed by atoms with van der Waals surface area (Å²) in [5.74, 6) is 2.12. The van der Waals surface area contributed by atoms with Crippen LogP contribution in [0.3, 0.4) is 0 Å². The Hall–Kier alpha value is 0.430. The first-order chi connectivity index (χ1) is 8.77. The molecule has 0 aromatic rings. The summed E-state index contributed by atoms with van der Waals surface area (Å²) in [7, 11) is 0.357. The number of hydrogen-bond donors (Lipinski definition) is 0. The molecule has 0 heterocycles. The molecule has 0 amide bonds. The molecule has 0 aliphatic heterocycles. The van der Waals surface area contributed by atoms with E-state index >= 15 is 0 Å². The van der Waals surface area contributed by atoms with Crippen LogP contribution in [-0.4, -0.2) is 17.0 Å². The van der Waals surface area contributed by atoms with Crippen LogP contribution < -0.4 is 0 Å². The van der Waals surface area contributed by atoms with Crippen LogP contribution in [0.1, 0.15) is 78.1 Å².